The fourth-order valence-electron chi connectivity index (χ4n) is 1.88. The smallest absolute Gasteiger partial charge is 0.0622 e. The number of nitrogens with two attached hydrogens (primary N) is 1. The maximum absolute atomic E-state index is 5.92. The monoisotopic (exact) mass is 171 g/mol. The normalized spacial score (nSPS) is 31.0. The molecule has 1 rings (SSSR count). The van der Waals surface area contributed by atoms with Crippen molar-refractivity contribution in [2.45, 2.75) is 51.7 Å². The molecule has 0 bridgehead atoms. The van der Waals surface area contributed by atoms with E-state index in [4.69, 9.17) is 10.5 Å². The number of hydrogen-bond donors (Lipinski definition) is 1. The molecule has 2 heteroatoms. The highest BCUT2D eigenvalue weighted by molar-refractivity contribution is 4.80. The van der Waals surface area contributed by atoms with Gasteiger partial charge in [-0.15, -0.1) is 0 Å². The zero-order chi connectivity index (χ0) is 9.19. The molecule has 1 saturated carbocycles. The van der Waals surface area contributed by atoms with Crippen LogP contribution in [0.5, 0.6) is 0 Å². The minimum atomic E-state index is -0.0115. The first-order valence-electron chi connectivity index (χ1n) is 4.91. The van der Waals surface area contributed by atoms with Crippen LogP contribution in [-0.4, -0.2) is 18.2 Å². The first kappa shape index (κ1) is 10.0. The van der Waals surface area contributed by atoms with Crippen LogP contribution >= 0.6 is 0 Å². The largest absolute Gasteiger partial charge is 0.372 e. The van der Waals surface area contributed by atoms with Crippen LogP contribution in [0, 0.1) is 5.92 Å². The van der Waals surface area contributed by atoms with Gasteiger partial charge in [-0.3, -0.25) is 0 Å². The SMILES string of the molecule is CC(C)(C)OC1CCCC1CN. The number of rotatable bonds is 2. The average Bonchev–Trinajstić information content (AvgIpc) is 2.31. The molecule has 0 aromatic heterocycles. The minimum absolute atomic E-state index is 0.0115. The fraction of sp³-hybridized carbons (Fsp3) is 1.00. The summed E-state index contributed by atoms with van der Waals surface area (Å²) in [7, 11) is 0. The summed E-state index contributed by atoms with van der Waals surface area (Å²) >= 11 is 0. The van der Waals surface area contributed by atoms with Gasteiger partial charge in [0.05, 0.1) is 11.7 Å². The Bertz CT molecular complexity index is 139. The van der Waals surface area contributed by atoms with Gasteiger partial charge in [-0.05, 0) is 46.1 Å². The summed E-state index contributed by atoms with van der Waals surface area (Å²) in [5.41, 5.74) is 5.65. The summed E-state index contributed by atoms with van der Waals surface area (Å²) in [4.78, 5) is 0. The zero-order valence-corrected chi connectivity index (χ0v) is 8.47. The quantitative estimate of drug-likeness (QED) is 0.689. The average molecular weight is 171 g/mol. The second-order valence-corrected chi connectivity index (χ2v) is 4.70. The Labute approximate surface area is 75.5 Å². The molecule has 0 spiro atoms. The van der Waals surface area contributed by atoms with Gasteiger partial charge >= 0.3 is 0 Å². The Morgan fingerprint density at radius 1 is 1.33 bits per heavy atom. The minimum Gasteiger partial charge on any atom is -0.372 e. The van der Waals surface area contributed by atoms with Crippen LogP contribution in [-0.2, 0) is 4.74 Å². The second kappa shape index (κ2) is 3.75. The van der Waals surface area contributed by atoms with Crippen molar-refractivity contribution in [3.63, 3.8) is 0 Å². The lowest BCUT2D eigenvalue weighted by molar-refractivity contribution is -0.0734. The van der Waals surface area contributed by atoms with Crippen molar-refractivity contribution in [1.29, 1.82) is 0 Å². The molecule has 2 atom stereocenters. The molecule has 0 aliphatic heterocycles. The topological polar surface area (TPSA) is 35.2 Å². The predicted molar refractivity (Wildman–Crippen MR) is 51.0 cm³/mol. The molecule has 0 radical (unpaired) electrons. The molecule has 12 heavy (non-hydrogen) atoms. The van der Waals surface area contributed by atoms with Gasteiger partial charge in [-0.2, -0.15) is 0 Å². The summed E-state index contributed by atoms with van der Waals surface area (Å²) in [6, 6.07) is 0. The van der Waals surface area contributed by atoms with E-state index in [9.17, 15) is 0 Å². The summed E-state index contributed by atoms with van der Waals surface area (Å²) < 4.78 is 5.92. The van der Waals surface area contributed by atoms with Gasteiger partial charge in [0.1, 0.15) is 0 Å². The van der Waals surface area contributed by atoms with E-state index >= 15 is 0 Å². The van der Waals surface area contributed by atoms with Crippen LogP contribution in [0.4, 0.5) is 0 Å². The highest BCUT2D eigenvalue weighted by atomic mass is 16.5. The molecule has 2 N–H and O–H groups in total. The Balaban J connectivity index is 2.41. The first-order chi connectivity index (χ1) is 5.53. The van der Waals surface area contributed by atoms with Gasteiger partial charge in [0.2, 0.25) is 0 Å². The molecule has 2 unspecified atom stereocenters. The molecule has 0 amide bonds. The van der Waals surface area contributed by atoms with Crippen molar-refractivity contribution in [1.82, 2.24) is 0 Å². The van der Waals surface area contributed by atoms with Crippen molar-refractivity contribution in [3.05, 3.63) is 0 Å². The molecule has 0 heterocycles. The molecular weight excluding hydrogens is 150 g/mol. The lowest BCUT2D eigenvalue weighted by atomic mass is 10.1. The van der Waals surface area contributed by atoms with Crippen molar-refractivity contribution in [3.8, 4) is 0 Å². The molecular formula is C10H21NO. The molecule has 2 nitrogen and oxygen atoms in total. The molecule has 0 saturated heterocycles. The third-order valence-corrected chi connectivity index (χ3v) is 2.40. The third kappa shape index (κ3) is 2.76. The molecule has 0 aromatic carbocycles. The Morgan fingerprint density at radius 2 is 2.00 bits per heavy atom. The Kier molecular flexibility index (Phi) is 3.13. The highest BCUT2D eigenvalue weighted by Crippen LogP contribution is 2.30. The van der Waals surface area contributed by atoms with Crippen molar-refractivity contribution in [2.24, 2.45) is 11.7 Å². The fourth-order valence-corrected chi connectivity index (χ4v) is 1.88. The van der Waals surface area contributed by atoms with Crippen LogP contribution < -0.4 is 5.73 Å². The lowest BCUT2D eigenvalue weighted by Crippen LogP contribution is -2.32. The standard InChI is InChI=1S/C10H21NO/c1-10(2,3)12-9-6-4-5-8(9)7-11/h8-9H,4-7,11H2,1-3H3. The van der Waals surface area contributed by atoms with E-state index in [2.05, 4.69) is 20.8 Å². The van der Waals surface area contributed by atoms with E-state index in [1.807, 2.05) is 0 Å². The Hall–Kier alpha value is -0.0800. The van der Waals surface area contributed by atoms with E-state index in [1.54, 1.807) is 0 Å². The first-order valence-corrected chi connectivity index (χ1v) is 4.91. The van der Waals surface area contributed by atoms with Gasteiger partial charge in [-0.25, -0.2) is 0 Å². The number of hydrogen-bond acceptors (Lipinski definition) is 2. The lowest BCUT2D eigenvalue weighted by Gasteiger charge is -2.28. The molecule has 0 aromatic rings. The van der Waals surface area contributed by atoms with Gasteiger partial charge in [-0.1, -0.05) is 6.42 Å². The summed E-state index contributed by atoms with van der Waals surface area (Å²) in [6.45, 7) is 7.11. The van der Waals surface area contributed by atoms with Gasteiger partial charge < -0.3 is 10.5 Å². The third-order valence-electron chi connectivity index (χ3n) is 2.40. The van der Waals surface area contributed by atoms with Gasteiger partial charge in [0.15, 0.2) is 0 Å². The van der Waals surface area contributed by atoms with E-state index in [0.717, 1.165) is 6.54 Å². The molecule has 1 aliphatic carbocycles. The maximum Gasteiger partial charge on any atom is 0.0622 e. The highest BCUT2D eigenvalue weighted by Gasteiger charge is 2.30. The van der Waals surface area contributed by atoms with Crippen molar-refractivity contribution >= 4 is 0 Å². The van der Waals surface area contributed by atoms with Crippen LogP contribution in [0.2, 0.25) is 0 Å². The Morgan fingerprint density at radius 3 is 2.50 bits per heavy atom. The second-order valence-electron chi connectivity index (χ2n) is 4.70. The van der Waals surface area contributed by atoms with E-state index in [-0.39, 0.29) is 5.60 Å². The van der Waals surface area contributed by atoms with Crippen LogP contribution in [0.25, 0.3) is 0 Å². The van der Waals surface area contributed by atoms with Crippen molar-refractivity contribution in [2.75, 3.05) is 6.54 Å². The van der Waals surface area contributed by atoms with Crippen LogP contribution in [0.15, 0.2) is 0 Å². The van der Waals surface area contributed by atoms with Crippen LogP contribution in [0.1, 0.15) is 40.0 Å². The van der Waals surface area contributed by atoms with E-state index < -0.39 is 0 Å². The zero-order valence-electron chi connectivity index (χ0n) is 8.47. The summed E-state index contributed by atoms with van der Waals surface area (Å²) in [5.74, 6) is 0.601. The molecule has 72 valence electrons. The molecule has 1 fully saturated rings. The van der Waals surface area contributed by atoms with Gasteiger partial charge in [0, 0.05) is 0 Å². The summed E-state index contributed by atoms with van der Waals surface area (Å²) in [6.07, 6.45) is 4.13. The number of ether oxygens (including phenoxy) is 1. The summed E-state index contributed by atoms with van der Waals surface area (Å²) in [5, 5.41) is 0. The van der Waals surface area contributed by atoms with Gasteiger partial charge in [0.25, 0.3) is 0 Å². The van der Waals surface area contributed by atoms with E-state index in [0.29, 0.717) is 12.0 Å². The van der Waals surface area contributed by atoms with Crippen molar-refractivity contribution < 1.29 is 4.74 Å². The van der Waals surface area contributed by atoms with E-state index in [1.165, 1.54) is 19.3 Å². The van der Waals surface area contributed by atoms with Crippen LogP contribution in [0.3, 0.4) is 0 Å². The molecule has 1 aliphatic rings. The predicted octanol–water partition coefficient (Wildman–Crippen LogP) is 1.93. The maximum atomic E-state index is 5.92.